The third-order valence-electron chi connectivity index (χ3n) is 1.20. The molecule has 0 amide bonds. The Morgan fingerprint density at radius 1 is 1.42 bits per heavy atom. The molecule has 1 aromatic rings. The van der Waals surface area contributed by atoms with Gasteiger partial charge in [-0.2, -0.15) is 8.78 Å². The Morgan fingerprint density at radius 3 is 2.58 bits per heavy atom. The zero-order chi connectivity index (χ0) is 9.14. The first-order chi connectivity index (χ1) is 5.61. The third kappa shape index (κ3) is 2.07. The Balaban J connectivity index is 2.96. The summed E-state index contributed by atoms with van der Waals surface area (Å²) in [6.45, 7) is -2.86. The number of benzene rings is 1. The maximum absolute atomic E-state index is 11.8. The van der Waals surface area contributed by atoms with Gasteiger partial charge in [-0.1, -0.05) is 6.07 Å². The molecule has 2 N–H and O–H groups in total. The molecule has 0 bridgehead atoms. The highest BCUT2D eigenvalue weighted by molar-refractivity contribution is 9.10. The summed E-state index contributed by atoms with van der Waals surface area (Å²) < 4.78 is 28.2. The van der Waals surface area contributed by atoms with E-state index in [-0.39, 0.29) is 11.4 Å². The molecule has 0 aliphatic carbocycles. The van der Waals surface area contributed by atoms with E-state index in [0.717, 1.165) is 0 Å². The molecular formula is C7H6BrF2NO. The number of nitrogens with two attached hydrogens (primary N) is 1. The number of anilines is 1. The minimum absolute atomic E-state index is 0.0208. The Hall–Kier alpha value is -0.840. The normalized spacial score (nSPS) is 10.3. The predicted molar refractivity (Wildman–Crippen MR) is 45.2 cm³/mol. The highest BCUT2D eigenvalue weighted by Crippen LogP contribution is 2.31. The molecule has 0 fully saturated rings. The van der Waals surface area contributed by atoms with E-state index in [4.69, 9.17) is 5.73 Å². The van der Waals surface area contributed by atoms with Crippen molar-refractivity contribution in [2.45, 2.75) is 6.61 Å². The van der Waals surface area contributed by atoms with Crippen LogP contribution in [0.2, 0.25) is 0 Å². The summed E-state index contributed by atoms with van der Waals surface area (Å²) in [5, 5.41) is 0. The molecule has 0 atom stereocenters. The minimum Gasteiger partial charge on any atom is -0.431 e. The van der Waals surface area contributed by atoms with Crippen LogP contribution in [-0.4, -0.2) is 6.61 Å². The Labute approximate surface area is 76.4 Å². The SMILES string of the molecule is Nc1cccc(Br)c1OC(F)F. The maximum Gasteiger partial charge on any atom is 0.387 e. The van der Waals surface area contributed by atoms with Gasteiger partial charge in [0.2, 0.25) is 0 Å². The topological polar surface area (TPSA) is 35.2 Å². The fourth-order valence-electron chi connectivity index (χ4n) is 0.739. The smallest absolute Gasteiger partial charge is 0.387 e. The minimum atomic E-state index is -2.86. The van der Waals surface area contributed by atoms with E-state index in [1.54, 1.807) is 12.1 Å². The first-order valence-electron chi connectivity index (χ1n) is 3.10. The van der Waals surface area contributed by atoms with Crippen molar-refractivity contribution >= 4 is 21.6 Å². The number of para-hydroxylation sites is 1. The van der Waals surface area contributed by atoms with Crippen LogP contribution in [-0.2, 0) is 0 Å². The molecule has 0 unspecified atom stereocenters. The molecular weight excluding hydrogens is 232 g/mol. The van der Waals surface area contributed by atoms with Crippen LogP contribution < -0.4 is 10.5 Å². The van der Waals surface area contributed by atoms with Crippen LogP contribution in [0, 0.1) is 0 Å². The van der Waals surface area contributed by atoms with Gasteiger partial charge in [0.05, 0.1) is 10.2 Å². The van der Waals surface area contributed by atoms with Gasteiger partial charge in [0.15, 0.2) is 5.75 Å². The molecule has 1 rings (SSSR count). The van der Waals surface area contributed by atoms with Crippen molar-refractivity contribution in [3.05, 3.63) is 22.7 Å². The molecule has 0 aliphatic heterocycles. The lowest BCUT2D eigenvalue weighted by Crippen LogP contribution is -2.04. The maximum atomic E-state index is 11.8. The van der Waals surface area contributed by atoms with Crippen LogP contribution in [0.1, 0.15) is 0 Å². The molecule has 0 saturated carbocycles. The van der Waals surface area contributed by atoms with Crippen LogP contribution in [0.15, 0.2) is 22.7 Å². The summed E-state index contributed by atoms with van der Waals surface area (Å²) in [5.74, 6) is -0.0208. The van der Waals surface area contributed by atoms with E-state index in [2.05, 4.69) is 20.7 Å². The second kappa shape index (κ2) is 3.71. The van der Waals surface area contributed by atoms with E-state index >= 15 is 0 Å². The van der Waals surface area contributed by atoms with Crippen molar-refractivity contribution in [3.8, 4) is 5.75 Å². The summed E-state index contributed by atoms with van der Waals surface area (Å²) in [4.78, 5) is 0. The summed E-state index contributed by atoms with van der Waals surface area (Å²) in [5.41, 5.74) is 5.57. The number of rotatable bonds is 2. The quantitative estimate of drug-likeness (QED) is 0.803. The molecule has 66 valence electrons. The number of alkyl halides is 2. The molecule has 0 aromatic heterocycles. The number of nitrogen functional groups attached to an aromatic ring is 1. The zero-order valence-electron chi connectivity index (χ0n) is 5.93. The van der Waals surface area contributed by atoms with Crippen LogP contribution in [0.25, 0.3) is 0 Å². The van der Waals surface area contributed by atoms with Gasteiger partial charge in [0, 0.05) is 0 Å². The summed E-state index contributed by atoms with van der Waals surface area (Å²) in [7, 11) is 0. The van der Waals surface area contributed by atoms with E-state index < -0.39 is 6.61 Å². The molecule has 5 heteroatoms. The fraction of sp³-hybridized carbons (Fsp3) is 0.143. The lowest BCUT2D eigenvalue weighted by molar-refractivity contribution is -0.0498. The second-order valence-electron chi connectivity index (χ2n) is 2.04. The van der Waals surface area contributed by atoms with E-state index in [1.165, 1.54) is 6.07 Å². The molecule has 0 aliphatic rings. The highest BCUT2D eigenvalue weighted by atomic mass is 79.9. The van der Waals surface area contributed by atoms with Gasteiger partial charge < -0.3 is 10.5 Å². The van der Waals surface area contributed by atoms with Gasteiger partial charge in [-0.05, 0) is 28.1 Å². The van der Waals surface area contributed by atoms with Crippen molar-refractivity contribution in [2.75, 3.05) is 5.73 Å². The molecule has 2 nitrogen and oxygen atoms in total. The number of hydrogen-bond acceptors (Lipinski definition) is 2. The van der Waals surface area contributed by atoms with Crippen LogP contribution >= 0.6 is 15.9 Å². The monoisotopic (exact) mass is 237 g/mol. The summed E-state index contributed by atoms with van der Waals surface area (Å²) in [6, 6.07) is 4.70. The summed E-state index contributed by atoms with van der Waals surface area (Å²) in [6.07, 6.45) is 0. The molecule has 12 heavy (non-hydrogen) atoms. The van der Waals surface area contributed by atoms with Crippen molar-refractivity contribution in [2.24, 2.45) is 0 Å². The molecule has 0 spiro atoms. The number of halogens is 3. The molecule has 0 radical (unpaired) electrons. The van der Waals surface area contributed by atoms with Gasteiger partial charge in [-0.15, -0.1) is 0 Å². The standard InChI is InChI=1S/C7H6BrF2NO/c8-4-2-1-3-5(11)6(4)12-7(9)10/h1-3,7H,11H2. The van der Waals surface area contributed by atoms with Crippen molar-refractivity contribution < 1.29 is 13.5 Å². The average Bonchev–Trinajstić information content (AvgIpc) is 1.97. The van der Waals surface area contributed by atoms with Gasteiger partial charge in [-0.25, -0.2) is 0 Å². The molecule has 0 saturated heterocycles. The first-order valence-corrected chi connectivity index (χ1v) is 3.89. The van der Waals surface area contributed by atoms with Crippen LogP contribution in [0.4, 0.5) is 14.5 Å². The average molecular weight is 238 g/mol. The molecule has 1 aromatic carbocycles. The Bertz CT molecular complexity index is 260. The van der Waals surface area contributed by atoms with Crippen molar-refractivity contribution in [3.63, 3.8) is 0 Å². The van der Waals surface area contributed by atoms with Gasteiger partial charge in [0.25, 0.3) is 0 Å². The zero-order valence-corrected chi connectivity index (χ0v) is 7.51. The molecule has 0 heterocycles. The van der Waals surface area contributed by atoms with E-state index in [9.17, 15) is 8.78 Å². The predicted octanol–water partition coefficient (Wildman–Crippen LogP) is 2.63. The number of ether oxygens (including phenoxy) is 1. The largest absolute Gasteiger partial charge is 0.431 e. The van der Waals surface area contributed by atoms with Gasteiger partial charge in [-0.3, -0.25) is 0 Å². The Kier molecular flexibility index (Phi) is 2.86. The fourth-order valence-corrected chi connectivity index (χ4v) is 1.21. The first kappa shape index (κ1) is 9.25. The van der Waals surface area contributed by atoms with Crippen molar-refractivity contribution in [1.82, 2.24) is 0 Å². The Morgan fingerprint density at radius 2 is 2.08 bits per heavy atom. The lowest BCUT2D eigenvalue weighted by atomic mass is 10.3. The van der Waals surface area contributed by atoms with Crippen molar-refractivity contribution in [1.29, 1.82) is 0 Å². The summed E-state index contributed by atoms with van der Waals surface area (Å²) >= 11 is 3.04. The highest BCUT2D eigenvalue weighted by Gasteiger charge is 2.10. The lowest BCUT2D eigenvalue weighted by Gasteiger charge is -2.08. The van der Waals surface area contributed by atoms with Crippen LogP contribution in [0.3, 0.4) is 0 Å². The van der Waals surface area contributed by atoms with E-state index in [1.807, 2.05) is 0 Å². The second-order valence-corrected chi connectivity index (χ2v) is 2.89. The van der Waals surface area contributed by atoms with Gasteiger partial charge >= 0.3 is 6.61 Å². The number of hydrogen-bond donors (Lipinski definition) is 1. The third-order valence-corrected chi connectivity index (χ3v) is 1.83. The van der Waals surface area contributed by atoms with E-state index in [0.29, 0.717) is 4.47 Å². The van der Waals surface area contributed by atoms with Gasteiger partial charge in [0.1, 0.15) is 0 Å². The van der Waals surface area contributed by atoms with Crippen LogP contribution in [0.5, 0.6) is 5.75 Å².